The molecule has 2 aliphatic heterocycles. The molecule has 2 aliphatic rings. The van der Waals surface area contributed by atoms with Crippen LogP contribution in [0.15, 0.2) is 47.4 Å². The van der Waals surface area contributed by atoms with Crippen LogP contribution in [0.2, 0.25) is 0 Å². The van der Waals surface area contributed by atoms with Crippen LogP contribution in [-0.4, -0.2) is 32.5 Å². The first-order valence-electron chi connectivity index (χ1n) is 8.23. The quantitative estimate of drug-likeness (QED) is 0.841. The first-order chi connectivity index (χ1) is 12.1. The number of rotatable bonds is 3. The monoisotopic (exact) mass is 363 g/mol. The highest BCUT2D eigenvalue weighted by molar-refractivity contribution is 7.89. The predicted molar refractivity (Wildman–Crippen MR) is 89.7 cm³/mol. The summed E-state index contributed by atoms with van der Waals surface area (Å²) in [5, 5.41) is 0. The van der Waals surface area contributed by atoms with E-state index >= 15 is 0 Å². The van der Waals surface area contributed by atoms with Crippen molar-refractivity contribution in [2.75, 3.05) is 19.8 Å². The smallest absolute Gasteiger partial charge is 0.243 e. The van der Waals surface area contributed by atoms with E-state index in [4.69, 9.17) is 9.47 Å². The largest absolute Gasteiger partial charge is 0.486 e. The van der Waals surface area contributed by atoms with Gasteiger partial charge in [-0.1, -0.05) is 18.2 Å². The van der Waals surface area contributed by atoms with Crippen molar-refractivity contribution in [3.8, 4) is 11.5 Å². The minimum absolute atomic E-state index is 0.139. The van der Waals surface area contributed by atoms with Gasteiger partial charge in [-0.25, -0.2) is 12.8 Å². The summed E-state index contributed by atoms with van der Waals surface area (Å²) < 4.78 is 52.7. The highest BCUT2D eigenvalue weighted by Gasteiger charge is 2.37. The molecule has 2 heterocycles. The normalized spacial score (nSPS) is 20.6. The average molecular weight is 363 g/mol. The van der Waals surface area contributed by atoms with Crippen LogP contribution in [0.1, 0.15) is 24.4 Å². The van der Waals surface area contributed by atoms with Crippen LogP contribution in [0.3, 0.4) is 0 Å². The molecule has 0 unspecified atom stereocenters. The molecule has 132 valence electrons. The number of nitrogens with zero attached hydrogens (tertiary/aromatic N) is 1. The van der Waals surface area contributed by atoms with Crippen molar-refractivity contribution < 1.29 is 22.3 Å². The Morgan fingerprint density at radius 3 is 2.60 bits per heavy atom. The first kappa shape index (κ1) is 16.4. The number of ether oxygens (including phenoxy) is 2. The van der Waals surface area contributed by atoms with Gasteiger partial charge in [-0.05, 0) is 31.0 Å². The zero-order chi connectivity index (χ0) is 17.4. The van der Waals surface area contributed by atoms with Gasteiger partial charge in [0.15, 0.2) is 11.5 Å². The SMILES string of the molecule is O=S(=O)(c1ccc2c(c1)OCCO2)N1CCC[C@@H]1c1ccccc1F. The van der Waals surface area contributed by atoms with Crippen LogP contribution < -0.4 is 9.47 Å². The molecule has 7 heteroatoms. The van der Waals surface area contributed by atoms with E-state index in [1.165, 1.54) is 22.5 Å². The summed E-state index contributed by atoms with van der Waals surface area (Å²) in [6.07, 6.45) is 1.30. The topological polar surface area (TPSA) is 55.8 Å². The summed E-state index contributed by atoms with van der Waals surface area (Å²) in [5.74, 6) is 0.586. The number of halogens is 1. The van der Waals surface area contributed by atoms with E-state index in [2.05, 4.69) is 0 Å². The van der Waals surface area contributed by atoms with Crippen LogP contribution in [0.25, 0.3) is 0 Å². The second-order valence-corrected chi connectivity index (χ2v) is 7.99. The lowest BCUT2D eigenvalue weighted by molar-refractivity contribution is 0.171. The van der Waals surface area contributed by atoms with Crippen molar-refractivity contribution in [1.29, 1.82) is 0 Å². The molecule has 0 saturated carbocycles. The fourth-order valence-corrected chi connectivity index (χ4v) is 5.09. The number of hydrogen-bond acceptors (Lipinski definition) is 4. The summed E-state index contributed by atoms with van der Waals surface area (Å²) in [6.45, 7) is 1.20. The van der Waals surface area contributed by atoms with E-state index in [1.54, 1.807) is 24.3 Å². The Labute approximate surface area is 146 Å². The summed E-state index contributed by atoms with van der Waals surface area (Å²) in [6, 6.07) is 10.5. The molecule has 1 saturated heterocycles. The molecule has 25 heavy (non-hydrogen) atoms. The van der Waals surface area contributed by atoms with Gasteiger partial charge in [-0.2, -0.15) is 4.31 Å². The fraction of sp³-hybridized carbons (Fsp3) is 0.333. The molecule has 1 atom stereocenters. The molecular weight excluding hydrogens is 345 g/mol. The molecular formula is C18H18FNO4S. The molecule has 4 rings (SSSR count). The molecule has 5 nitrogen and oxygen atoms in total. The maximum atomic E-state index is 14.2. The van der Waals surface area contributed by atoms with Gasteiger partial charge in [0.2, 0.25) is 10.0 Å². The van der Waals surface area contributed by atoms with Gasteiger partial charge in [0.05, 0.1) is 10.9 Å². The van der Waals surface area contributed by atoms with Gasteiger partial charge in [0.1, 0.15) is 19.0 Å². The van der Waals surface area contributed by atoms with Crippen molar-refractivity contribution in [3.05, 3.63) is 53.8 Å². The summed E-state index contributed by atoms with van der Waals surface area (Å²) >= 11 is 0. The minimum Gasteiger partial charge on any atom is -0.486 e. The molecule has 0 bridgehead atoms. The molecule has 0 aromatic heterocycles. The maximum Gasteiger partial charge on any atom is 0.243 e. The van der Waals surface area contributed by atoms with E-state index < -0.39 is 16.1 Å². The van der Waals surface area contributed by atoms with E-state index in [-0.39, 0.29) is 10.7 Å². The number of hydrogen-bond donors (Lipinski definition) is 0. The Bertz CT molecular complexity index is 900. The highest BCUT2D eigenvalue weighted by atomic mass is 32.2. The molecule has 2 aromatic carbocycles. The molecule has 0 spiro atoms. The van der Waals surface area contributed by atoms with E-state index in [1.807, 2.05) is 0 Å². The second kappa shape index (κ2) is 6.31. The standard InChI is InChI=1S/C18H18FNO4S/c19-15-5-2-1-4-14(15)16-6-3-9-20(16)25(21,22)13-7-8-17-18(12-13)24-11-10-23-17/h1-2,4-5,7-8,12,16H,3,6,9-11H2/t16-/m1/s1. The van der Waals surface area contributed by atoms with Gasteiger partial charge in [-0.15, -0.1) is 0 Å². The van der Waals surface area contributed by atoms with Crippen molar-refractivity contribution in [2.24, 2.45) is 0 Å². The first-order valence-corrected chi connectivity index (χ1v) is 9.67. The number of sulfonamides is 1. The molecule has 1 fully saturated rings. The zero-order valence-corrected chi connectivity index (χ0v) is 14.3. The Hall–Kier alpha value is -2.12. The minimum atomic E-state index is -3.76. The summed E-state index contributed by atoms with van der Waals surface area (Å²) in [7, 11) is -3.76. The molecule has 2 aromatic rings. The third-order valence-corrected chi connectivity index (χ3v) is 6.49. The van der Waals surface area contributed by atoms with Crippen molar-refractivity contribution in [3.63, 3.8) is 0 Å². The zero-order valence-electron chi connectivity index (χ0n) is 13.5. The Morgan fingerprint density at radius 2 is 1.80 bits per heavy atom. The van der Waals surface area contributed by atoms with Gasteiger partial charge in [-0.3, -0.25) is 0 Å². The average Bonchev–Trinajstić information content (AvgIpc) is 3.12. The van der Waals surface area contributed by atoms with Crippen molar-refractivity contribution in [2.45, 2.75) is 23.8 Å². The Balaban J connectivity index is 1.71. The van der Waals surface area contributed by atoms with Crippen molar-refractivity contribution >= 4 is 10.0 Å². The van der Waals surface area contributed by atoms with Crippen LogP contribution in [0.4, 0.5) is 4.39 Å². The Morgan fingerprint density at radius 1 is 1.04 bits per heavy atom. The van der Waals surface area contributed by atoms with Crippen LogP contribution >= 0.6 is 0 Å². The predicted octanol–water partition coefficient (Wildman–Crippen LogP) is 3.12. The number of fused-ring (bicyclic) bond motifs is 1. The Kier molecular flexibility index (Phi) is 4.13. The van der Waals surface area contributed by atoms with Gasteiger partial charge >= 0.3 is 0 Å². The van der Waals surface area contributed by atoms with Gasteiger partial charge in [0, 0.05) is 18.2 Å². The molecule has 0 radical (unpaired) electrons. The molecule has 0 N–H and O–H groups in total. The van der Waals surface area contributed by atoms with E-state index in [9.17, 15) is 12.8 Å². The summed E-state index contributed by atoms with van der Waals surface area (Å²) in [4.78, 5) is 0.139. The van der Waals surface area contributed by atoms with Crippen LogP contribution in [-0.2, 0) is 10.0 Å². The van der Waals surface area contributed by atoms with Gasteiger partial charge in [0.25, 0.3) is 0 Å². The maximum absolute atomic E-state index is 14.2. The van der Waals surface area contributed by atoms with Crippen LogP contribution in [0, 0.1) is 5.82 Å². The van der Waals surface area contributed by atoms with E-state index in [0.717, 1.165) is 0 Å². The third kappa shape index (κ3) is 2.87. The lowest BCUT2D eigenvalue weighted by atomic mass is 10.1. The van der Waals surface area contributed by atoms with Crippen LogP contribution in [0.5, 0.6) is 11.5 Å². The lowest BCUT2D eigenvalue weighted by Crippen LogP contribution is -2.31. The van der Waals surface area contributed by atoms with Gasteiger partial charge < -0.3 is 9.47 Å². The van der Waals surface area contributed by atoms with E-state index in [0.29, 0.717) is 49.7 Å². The highest BCUT2D eigenvalue weighted by Crippen LogP contribution is 2.39. The number of benzene rings is 2. The fourth-order valence-electron chi connectivity index (χ4n) is 3.40. The molecule has 0 amide bonds. The molecule has 0 aliphatic carbocycles. The summed E-state index contributed by atoms with van der Waals surface area (Å²) in [5.41, 5.74) is 0.418. The lowest BCUT2D eigenvalue weighted by Gasteiger charge is -2.25. The van der Waals surface area contributed by atoms with Crippen molar-refractivity contribution in [1.82, 2.24) is 4.31 Å². The third-order valence-electron chi connectivity index (χ3n) is 4.59. The second-order valence-electron chi connectivity index (χ2n) is 6.10.